The normalized spacial score (nSPS) is 14.7. The summed E-state index contributed by atoms with van der Waals surface area (Å²) in [5, 5.41) is 10.2. The molecule has 0 bridgehead atoms. The minimum Gasteiger partial charge on any atom is -0.469 e. The molecule has 2 atom stereocenters. The van der Waals surface area contributed by atoms with Crippen LogP contribution in [0.2, 0.25) is 18.1 Å². The van der Waals surface area contributed by atoms with E-state index in [0.29, 0.717) is 19.3 Å². The third-order valence-corrected chi connectivity index (χ3v) is 9.73. The molecule has 0 saturated heterocycles. The van der Waals surface area contributed by atoms with Crippen molar-refractivity contribution in [1.29, 1.82) is 0 Å². The van der Waals surface area contributed by atoms with Crippen LogP contribution in [0.3, 0.4) is 0 Å². The molecule has 6 heteroatoms. The Hall–Kier alpha value is -0.873. The molecule has 0 amide bonds. The highest BCUT2D eigenvalue weighted by Gasteiger charge is 2.38. The maximum Gasteiger partial charge on any atom is 0.305 e. The predicted molar refractivity (Wildman–Crippen MR) is 123 cm³/mol. The topological polar surface area (TPSA) is 55.8 Å². The first-order valence-corrected chi connectivity index (χ1v) is 13.7. The van der Waals surface area contributed by atoms with Crippen LogP contribution in [0.1, 0.15) is 59.3 Å². The molecule has 4 nitrogen and oxygen atoms in total. The van der Waals surface area contributed by atoms with Crippen LogP contribution < -0.4 is 0 Å². The molecule has 1 unspecified atom stereocenters. The molecule has 0 heterocycles. The van der Waals surface area contributed by atoms with Crippen molar-refractivity contribution in [2.75, 3.05) is 7.11 Å². The van der Waals surface area contributed by atoms with Crippen LogP contribution in [0.25, 0.3) is 0 Å². The molecule has 0 aliphatic rings. The number of allylic oxidation sites excluding steroid dienone is 2. The van der Waals surface area contributed by atoms with Crippen molar-refractivity contribution in [3.63, 3.8) is 0 Å². The number of methoxy groups -OCH3 is 1. The number of carbonyl (C=O) groups is 1. The van der Waals surface area contributed by atoms with E-state index in [9.17, 15) is 9.90 Å². The first kappa shape index (κ1) is 27.1. The first-order chi connectivity index (χ1) is 13.0. The number of carbonyl (C=O) groups excluding carboxylic acids is 1. The van der Waals surface area contributed by atoms with Crippen molar-refractivity contribution in [2.24, 2.45) is 0 Å². The monoisotopic (exact) mass is 472 g/mol. The highest BCUT2D eigenvalue weighted by molar-refractivity contribution is 9.11. The fraction of sp³-hybridized carbons (Fsp3) is 0.682. The molecule has 0 fully saturated rings. The molecule has 0 aromatic rings. The highest BCUT2D eigenvalue weighted by Crippen LogP contribution is 2.37. The van der Waals surface area contributed by atoms with Gasteiger partial charge in [0.15, 0.2) is 8.32 Å². The maximum absolute atomic E-state index is 11.1. The molecular formula is C22H37BrO4Si. The van der Waals surface area contributed by atoms with Gasteiger partial charge in [-0.1, -0.05) is 73.2 Å². The van der Waals surface area contributed by atoms with Gasteiger partial charge in [-0.15, -0.1) is 0 Å². The molecule has 0 aliphatic heterocycles. The average Bonchev–Trinajstić information content (AvgIpc) is 2.59. The van der Waals surface area contributed by atoms with E-state index in [1.807, 2.05) is 18.2 Å². The van der Waals surface area contributed by atoms with Crippen LogP contribution in [0.5, 0.6) is 0 Å². The van der Waals surface area contributed by atoms with E-state index < -0.39 is 14.4 Å². The van der Waals surface area contributed by atoms with E-state index in [0.717, 1.165) is 19.3 Å². The Morgan fingerprint density at radius 2 is 1.89 bits per heavy atom. The van der Waals surface area contributed by atoms with Gasteiger partial charge in [0.1, 0.15) is 6.10 Å². The number of unbranched alkanes of at least 4 members (excludes halogenated alkanes) is 2. The van der Waals surface area contributed by atoms with Gasteiger partial charge in [-0.2, -0.15) is 0 Å². The van der Waals surface area contributed by atoms with E-state index in [-0.39, 0.29) is 17.1 Å². The quantitative estimate of drug-likeness (QED) is 0.137. The molecule has 0 rings (SSSR count). The zero-order valence-electron chi connectivity index (χ0n) is 18.3. The lowest BCUT2D eigenvalue weighted by atomic mass is 10.1. The lowest BCUT2D eigenvalue weighted by Crippen LogP contribution is -2.43. The molecule has 0 radical (unpaired) electrons. The van der Waals surface area contributed by atoms with Crippen molar-refractivity contribution in [3.8, 4) is 11.8 Å². The Morgan fingerprint density at radius 1 is 1.21 bits per heavy atom. The Balaban J connectivity index is 4.59. The number of hydrogen-bond donors (Lipinski definition) is 1. The number of aliphatic hydroxyl groups is 1. The summed E-state index contributed by atoms with van der Waals surface area (Å²) in [6.07, 6.45) is 9.24. The minimum atomic E-state index is -1.90. The molecular weight excluding hydrogens is 436 g/mol. The summed E-state index contributed by atoms with van der Waals surface area (Å²) in [6.45, 7) is 11.1. The summed E-state index contributed by atoms with van der Waals surface area (Å²) in [6, 6.07) is 0. The Bertz CT molecular complexity index is 567. The second-order valence-corrected chi connectivity index (χ2v) is 13.6. The van der Waals surface area contributed by atoms with Gasteiger partial charge in [0.2, 0.25) is 0 Å². The Morgan fingerprint density at radius 3 is 2.46 bits per heavy atom. The molecule has 160 valence electrons. The summed E-state index contributed by atoms with van der Waals surface area (Å²) >= 11 is 3.26. The van der Waals surface area contributed by atoms with E-state index in [4.69, 9.17) is 4.43 Å². The summed E-state index contributed by atoms with van der Waals surface area (Å²) in [4.78, 5) is 12.8. The molecule has 0 aromatic heterocycles. The van der Waals surface area contributed by atoms with Crippen molar-refractivity contribution in [3.05, 3.63) is 23.2 Å². The van der Waals surface area contributed by atoms with Gasteiger partial charge in [0.05, 0.1) is 13.2 Å². The second kappa shape index (κ2) is 14.2. The number of aliphatic hydroxyl groups excluding tert-OH is 1. The van der Waals surface area contributed by atoms with Crippen molar-refractivity contribution >= 4 is 30.2 Å². The smallest absolute Gasteiger partial charge is 0.305 e. The van der Waals surface area contributed by atoms with Crippen molar-refractivity contribution in [2.45, 2.75) is 89.6 Å². The van der Waals surface area contributed by atoms with Crippen LogP contribution in [0.15, 0.2) is 23.2 Å². The van der Waals surface area contributed by atoms with Crippen LogP contribution >= 0.6 is 15.9 Å². The standard InChI is InChI=1S/C22H37BrO4Si/c1-22(2,3)28(5,6)27-20(15-10-11-18-23)16-12-14-19(24)13-8-7-9-17-21(25)26-4/h10-11,15,18-20,24H,7-9,13,16-17H2,1-6H3/b15-10+,18-11+/t19?,20-/m0/s1. The number of ether oxygens (including phenoxy) is 1. The van der Waals surface area contributed by atoms with Gasteiger partial charge in [-0.25, -0.2) is 0 Å². The van der Waals surface area contributed by atoms with Gasteiger partial charge in [-0.3, -0.25) is 4.79 Å². The van der Waals surface area contributed by atoms with Crippen molar-refractivity contribution in [1.82, 2.24) is 0 Å². The molecule has 0 aliphatic carbocycles. The lowest BCUT2D eigenvalue weighted by molar-refractivity contribution is -0.140. The van der Waals surface area contributed by atoms with Gasteiger partial charge in [0, 0.05) is 12.8 Å². The van der Waals surface area contributed by atoms with Gasteiger partial charge < -0.3 is 14.3 Å². The maximum atomic E-state index is 11.1. The summed E-state index contributed by atoms with van der Waals surface area (Å²) < 4.78 is 11.1. The number of esters is 1. The highest BCUT2D eigenvalue weighted by atomic mass is 79.9. The minimum absolute atomic E-state index is 0.0932. The zero-order valence-corrected chi connectivity index (χ0v) is 20.8. The largest absolute Gasteiger partial charge is 0.469 e. The van der Waals surface area contributed by atoms with Gasteiger partial charge in [0.25, 0.3) is 0 Å². The number of rotatable bonds is 11. The van der Waals surface area contributed by atoms with Crippen LogP contribution in [0.4, 0.5) is 0 Å². The average molecular weight is 474 g/mol. The third kappa shape index (κ3) is 12.6. The van der Waals surface area contributed by atoms with E-state index in [2.05, 4.69) is 66.4 Å². The Labute approximate surface area is 181 Å². The summed E-state index contributed by atoms with van der Waals surface area (Å²) in [5.74, 6) is 5.83. The van der Waals surface area contributed by atoms with E-state index in [1.165, 1.54) is 7.11 Å². The fourth-order valence-electron chi connectivity index (χ4n) is 2.17. The van der Waals surface area contributed by atoms with Gasteiger partial charge in [-0.05, 0) is 42.4 Å². The molecule has 1 N–H and O–H groups in total. The molecule has 0 spiro atoms. The third-order valence-electron chi connectivity index (χ3n) is 4.92. The van der Waals surface area contributed by atoms with Crippen LogP contribution in [0, 0.1) is 11.8 Å². The number of hydrogen-bond acceptors (Lipinski definition) is 4. The number of halogens is 1. The lowest BCUT2D eigenvalue weighted by Gasteiger charge is -2.38. The second-order valence-electron chi connectivity index (χ2n) is 8.34. The van der Waals surface area contributed by atoms with E-state index in [1.54, 1.807) is 4.99 Å². The predicted octanol–water partition coefficient (Wildman–Crippen LogP) is 5.72. The van der Waals surface area contributed by atoms with E-state index >= 15 is 0 Å². The Kier molecular flexibility index (Phi) is 13.7. The zero-order chi connectivity index (χ0) is 21.6. The van der Waals surface area contributed by atoms with Crippen LogP contribution in [-0.2, 0) is 14.0 Å². The van der Waals surface area contributed by atoms with Gasteiger partial charge >= 0.3 is 5.97 Å². The first-order valence-electron chi connectivity index (χ1n) is 9.88. The fourth-order valence-corrected chi connectivity index (χ4v) is 3.62. The molecule has 28 heavy (non-hydrogen) atoms. The SMILES string of the molecule is COC(=O)CCCCCC(O)C#CC[C@H](/C=C/C=C/Br)O[Si](C)(C)C(C)(C)C. The van der Waals surface area contributed by atoms with Crippen LogP contribution in [-0.4, -0.2) is 38.7 Å². The summed E-state index contributed by atoms with van der Waals surface area (Å²) in [7, 11) is -0.505. The van der Waals surface area contributed by atoms with Crippen molar-refractivity contribution < 1.29 is 19.1 Å². The molecule has 0 saturated carbocycles. The molecule has 0 aromatic carbocycles. The summed E-state index contributed by atoms with van der Waals surface area (Å²) in [5.41, 5.74) is 0.